The van der Waals surface area contributed by atoms with Gasteiger partial charge in [-0.05, 0) is 25.5 Å². The van der Waals surface area contributed by atoms with E-state index < -0.39 is 4.92 Å². The molecule has 1 saturated heterocycles. The number of benzene rings is 1. The molecule has 1 heterocycles. The Labute approximate surface area is 107 Å². The van der Waals surface area contributed by atoms with Gasteiger partial charge in [0.25, 0.3) is 0 Å². The molecule has 0 aliphatic carbocycles. The Morgan fingerprint density at radius 3 is 2.82 bits per heavy atom. The third kappa shape index (κ3) is 2.58. The van der Waals surface area contributed by atoms with Gasteiger partial charge in [0.05, 0.1) is 4.92 Å². The highest BCUT2D eigenvalue weighted by Gasteiger charge is 2.24. The molecule has 0 amide bonds. The minimum absolute atomic E-state index is 0.0000463. The van der Waals surface area contributed by atoms with Gasteiger partial charge in [0.15, 0.2) is 5.75 Å². The van der Waals surface area contributed by atoms with Crippen LogP contribution in [-0.2, 0) is 0 Å². The maximum absolute atomic E-state index is 10.8. The molecule has 1 aliphatic heterocycles. The molecule has 92 valence electrons. The molecule has 17 heavy (non-hydrogen) atoms. The monoisotopic (exact) mass is 300 g/mol. The van der Waals surface area contributed by atoms with Crippen LogP contribution < -0.4 is 5.32 Å². The highest BCUT2D eigenvalue weighted by molar-refractivity contribution is 9.10. The van der Waals surface area contributed by atoms with Crippen LogP contribution in [0.3, 0.4) is 0 Å². The number of nitro groups is 1. The van der Waals surface area contributed by atoms with Crippen molar-refractivity contribution in [3.8, 4) is 5.75 Å². The highest BCUT2D eigenvalue weighted by Crippen LogP contribution is 2.38. The Morgan fingerprint density at radius 1 is 1.47 bits per heavy atom. The van der Waals surface area contributed by atoms with Crippen molar-refractivity contribution in [1.29, 1.82) is 0 Å². The molecule has 0 bridgehead atoms. The first kappa shape index (κ1) is 12.3. The highest BCUT2D eigenvalue weighted by atomic mass is 79.9. The van der Waals surface area contributed by atoms with Crippen molar-refractivity contribution in [2.75, 3.05) is 6.54 Å². The normalized spacial score (nSPS) is 20.2. The lowest BCUT2D eigenvalue weighted by molar-refractivity contribution is -0.386. The molecule has 1 fully saturated rings. The van der Waals surface area contributed by atoms with Gasteiger partial charge in [-0.3, -0.25) is 10.1 Å². The molecule has 0 unspecified atom stereocenters. The van der Waals surface area contributed by atoms with Gasteiger partial charge in [-0.1, -0.05) is 22.4 Å². The maximum Gasteiger partial charge on any atom is 0.312 e. The molecule has 1 atom stereocenters. The van der Waals surface area contributed by atoms with E-state index in [0.717, 1.165) is 25.8 Å². The minimum Gasteiger partial charge on any atom is -0.502 e. The van der Waals surface area contributed by atoms with E-state index in [9.17, 15) is 15.2 Å². The van der Waals surface area contributed by atoms with Gasteiger partial charge in [-0.2, -0.15) is 0 Å². The van der Waals surface area contributed by atoms with Crippen LogP contribution in [0.25, 0.3) is 0 Å². The van der Waals surface area contributed by atoms with Crippen LogP contribution in [-0.4, -0.2) is 16.6 Å². The average Bonchev–Trinajstić information content (AvgIpc) is 2.32. The first-order chi connectivity index (χ1) is 8.09. The number of piperidine rings is 1. The fourth-order valence-electron chi connectivity index (χ4n) is 2.13. The van der Waals surface area contributed by atoms with Crippen LogP contribution in [0, 0.1) is 10.1 Å². The zero-order valence-electron chi connectivity index (χ0n) is 9.15. The van der Waals surface area contributed by atoms with Crippen molar-refractivity contribution in [1.82, 2.24) is 5.32 Å². The Hall–Kier alpha value is -1.14. The molecule has 0 spiro atoms. The molecule has 1 aromatic carbocycles. The second-order valence-electron chi connectivity index (χ2n) is 4.12. The largest absolute Gasteiger partial charge is 0.502 e. The minimum atomic E-state index is -0.563. The Bertz CT molecular complexity index is 445. The van der Waals surface area contributed by atoms with Crippen LogP contribution >= 0.6 is 15.9 Å². The summed E-state index contributed by atoms with van der Waals surface area (Å²) >= 11 is 3.24. The molecule has 5 nitrogen and oxygen atoms in total. The summed E-state index contributed by atoms with van der Waals surface area (Å²) in [6.45, 7) is 0.879. The van der Waals surface area contributed by atoms with Crippen molar-refractivity contribution in [2.24, 2.45) is 0 Å². The van der Waals surface area contributed by atoms with Gasteiger partial charge in [0, 0.05) is 22.1 Å². The number of halogens is 1. The summed E-state index contributed by atoms with van der Waals surface area (Å²) in [5.41, 5.74) is 0.354. The SMILES string of the molecule is O=[N+]([O-])c1cc(Br)cc([C@H]2CCCCN2)c1O. The predicted molar refractivity (Wildman–Crippen MR) is 67.1 cm³/mol. The topological polar surface area (TPSA) is 75.4 Å². The molecule has 2 N–H and O–H groups in total. The number of nitrogens with zero attached hydrogens (tertiary/aromatic N) is 1. The van der Waals surface area contributed by atoms with Crippen LogP contribution in [0.4, 0.5) is 5.69 Å². The maximum atomic E-state index is 10.8. The number of hydrogen-bond acceptors (Lipinski definition) is 4. The molecule has 0 aromatic heterocycles. The summed E-state index contributed by atoms with van der Waals surface area (Å²) in [5, 5.41) is 24.0. The first-order valence-electron chi connectivity index (χ1n) is 5.50. The molecule has 6 heteroatoms. The van der Waals surface area contributed by atoms with Crippen LogP contribution in [0.2, 0.25) is 0 Å². The van der Waals surface area contributed by atoms with E-state index in [1.54, 1.807) is 6.07 Å². The first-order valence-corrected chi connectivity index (χ1v) is 6.29. The van der Waals surface area contributed by atoms with E-state index in [4.69, 9.17) is 0 Å². The quantitative estimate of drug-likeness (QED) is 0.650. The van der Waals surface area contributed by atoms with E-state index >= 15 is 0 Å². The standard InChI is InChI=1S/C11H13BrN2O3/c12-7-5-8(9-3-1-2-4-13-9)11(15)10(6-7)14(16)17/h5-6,9,13,15H,1-4H2/t9-/m1/s1. The zero-order chi connectivity index (χ0) is 12.4. The molecular weight excluding hydrogens is 288 g/mol. The molecule has 2 rings (SSSR count). The van der Waals surface area contributed by atoms with Gasteiger partial charge in [0.1, 0.15) is 0 Å². The molecule has 0 radical (unpaired) electrons. The van der Waals surface area contributed by atoms with E-state index in [0.29, 0.717) is 10.0 Å². The van der Waals surface area contributed by atoms with Crippen molar-refractivity contribution < 1.29 is 10.0 Å². The fraction of sp³-hybridized carbons (Fsp3) is 0.455. The van der Waals surface area contributed by atoms with Crippen molar-refractivity contribution >= 4 is 21.6 Å². The number of phenolic OH excluding ortho intramolecular Hbond substituents is 1. The molecule has 0 saturated carbocycles. The third-order valence-electron chi connectivity index (χ3n) is 2.97. The van der Waals surface area contributed by atoms with Crippen LogP contribution in [0.1, 0.15) is 30.9 Å². The fourth-order valence-corrected chi connectivity index (χ4v) is 2.59. The number of rotatable bonds is 2. The van der Waals surface area contributed by atoms with Gasteiger partial charge < -0.3 is 10.4 Å². The summed E-state index contributed by atoms with van der Waals surface area (Å²) in [6.07, 6.45) is 3.06. The molecule has 1 aromatic rings. The summed E-state index contributed by atoms with van der Waals surface area (Å²) in [7, 11) is 0. The summed E-state index contributed by atoms with van der Waals surface area (Å²) in [6, 6.07) is 3.06. The third-order valence-corrected chi connectivity index (χ3v) is 3.42. The lowest BCUT2D eigenvalue weighted by atomic mass is 9.96. The molecule has 1 aliphatic rings. The van der Waals surface area contributed by atoms with Crippen LogP contribution in [0.5, 0.6) is 5.75 Å². The predicted octanol–water partition coefficient (Wildman–Crippen LogP) is 2.88. The number of nitrogens with one attached hydrogen (secondary N) is 1. The summed E-state index contributed by atoms with van der Waals surface area (Å²) < 4.78 is 0.615. The van der Waals surface area contributed by atoms with Gasteiger partial charge in [-0.15, -0.1) is 0 Å². The number of aromatic hydroxyl groups is 1. The van der Waals surface area contributed by atoms with Crippen molar-refractivity contribution in [2.45, 2.75) is 25.3 Å². The van der Waals surface area contributed by atoms with Crippen LogP contribution in [0.15, 0.2) is 16.6 Å². The lowest BCUT2D eigenvalue weighted by Crippen LogP contribution is -2.26. The lowest BCUT2D eigenvalue weighted by Gasteiger charge is -2.24. The second kappa shape index (κ2) is 5.01. The average molecular weight is 301 g/mol. The van der Waals surface area contributed by atoms with E-state index in [1.807, 2.05) is 0 Å². The van der Waals surface area contributed by atoms with Crippen molar-refractivity contribution in [3.63, 3.8) is 0 Å². The van der Waals surface area contributed by atoms with Gasteiger partial charge >= 0.3 is 5.69 Å². The van der Waals surface area contributed by atoms with E-state index in [1.165, 1.54) is 6.07 Å². The van der Waals surface area contributed by atoms with E-state index in [-0.39, 0.29) is 17.5 Å². The molecular formula is C11H13BrN2O3. The van der Waals surface area contributed by atoms with Gasteiger partial charge in [-0.25, -0.2) is 0 Å². The Balaban J connectivity index is 2.41. The zero-order valence-corrected chi connectivity index (χ0v) is 10.7. The van der Waals surface area contributed by atoms with Gasteiger partial charge in [0.2, 0.25) is 0 Å². The number of phenols is 1. The Kier molecular flexibility index (Phi) is 3.63. The number of nitro benzene ring substituents is 1. The smallest absolute Gasteiger partial charge is 0.312 e. The summed E-state index contributed by atoms with van der Waals surface area (Å²) in [4.78, 5) is 10.3. The Morgan fingerprint density at radius 2 is 2.24 bits per heavy atom. The second-order valence-corrected chi connectivity index (χ2v) is 5.04. The van der Waals surface area contributed by atoms with Crippen molar-refractivity contribution in [3.05, 3.63) is 32.3 Å². The number of hydrogen-bond donors (Lipinski definition) is 2. The van der Waals surface area contributed by atoms with E-state index in [2.05, 4.69) is 21.2 Å². The summed E-state index contributed by atoms with van der Waals surface area (Å²) in [5.74, 6) is -0.224.